The zero-order chi connectivity index (χ0) is 19.4. The van der Waals surface area contributed by atoms with Crippen LogP contribution in [0.15, 0.2) is 58.1 Å². The van der Waals surface area contributed by atoms with E-state index in [4.69, 9.17) is 18.9 Å². The number of ether oxygens (including phenoxy) is 2. The molecule has 2 unspecified atom stereocenters. The maximum Gasteiger partial charge on any atom is 0.191 e. The van der Waals surface area contributed by atoms with Gasteiger partial charge in [0.25, 0.3) is 0 Å². The standard InChI is InChI=1S/C22H31N3O3/c1-2-23-22(24-12-7-13-26-17-20-10-6-14-27-20)25-16-19-11-15-28-21(19)18-8-4-3-5-9-18/h3-6,8-10,14,19,21H,2,7,11-13,15-17H2,1H3,(H2,23,24,25). The average molecular weight is 386 g/mol. The van der Waals surface area contributed by atoms with Gasteiger partial charge in [0.2, 0.25) is 0 Å². The summed E-state index contributed by atoms with van der Waals surface area (Å²) in [6, 6.07) is 14.2. The molecular weight excluding hydrogens is 354 g/mol. The highest BCUT2D eigenvalue weighted by Crippen LogP contribution is 2.34. The molecule has 0 spiro atoms. The van der Waals surface area contributed by atoms with Gasteiger partial charge < -0.3 is 24.5 Å². The van der Waals surface area contributed by atoms with Crippen LogP contribution in [0.25, 0.3) is 0 Å². The molecule has 1 aromatic heterocycles. The second-order valence-electron chi connectivity index (χ2n) is 6.88. The molecule has 6 nitrogen and oxygen atoms in total. The molecule has 1 aliphatic heterocycles. The molecular formula is C22H31N3O3. The number of hydrogen-bond acceptors (Lipinski definition) is 4. The van der Waals surface area contributed by atoms with Crippen LogP contribution in [0.5, 0.6) is 0 Å². The Kier molecular flexibility index (Phi) is 8.40. The van der Waals surface area contributed by atoms with E-state index < -0.39 is 0 Å². The highest BCUT2D eigenvalue weighted by molar-refractivity contribution is 5.79. The summed E-state index contributed by atoms with van der Waals surface area (Å²) in [5, 5.41) is 6.70. The van der Waals surface area contributed by atoms with Crippen molar-refractivity contribution in [2.24, 2.45) is 10.9 Å². The maximum atomic E-state index is 5.97. The summed E-state index contributed by atoms with van der Waals surface area (Å²) in [5.74, 6) is 2.12. The Balaban J connectivity index is 1.40. The minimum atomic E-state index is 0.142. The van der Waals surface area contributed by atoms with Crippen molar-refractivity contribution in [3.8, 4) is 0 Å². The largest absolute Gasteiger partial charge is 0.467 e. The van der Waals surface area contributed by atoms with Crippen LogP contribution in [0.4, 0.5) is 0 Å². The predicted molar refractivity (Wildman–Crippen MR) is 110 cm³/mol. The van der Waals surface area contributed by atoms with Crippen LogP contribution < -0.4 is 10.6 Å². The van der Waals surface area contributed by atoms with Crippen LogP contribution in [-0.2, 0) is 16.1 Å². The highest BCUT2D eigenvalue weighted by Gasteiger charge is 2.29. The number of hydrogen-bond donors (Lipinski definition) is 2. The molecule has 2 N–H and O–H groups in total. The van der Waals surface area contributed by atoms with Crippen molar-refractivity contribution in [2.75, 3.05) is 32.8 Å². The van der Waals surface area contributed by atoms with Gasteiger partial charge in [-0.2, -0.15) is 0 Å². The molecule has 152 valence electrons. The zero-order valence-electron chi connectivity index (χ0n) is 16.6. The van der Waals surface area contributed by atoms with Gasteiger partial charge in [-0.05, 0) is 37.5 Å². The van der Waals surface area contributed by atoms with Gasteiger partial charge in [-0.3, -0.25) is 4.99 Å². The Bertz CT molecular complexity index is 688. The Morgan fingerprint density at radius 2 is 2.07 bits per heavy atom. The first kappa shape index (κ1) is 20.4. The number of guanidine groups is 1. The summed E-state index contributed by atoms with van der Waals surface area (Å²) in [5.41, 5.74) is 1.24. The van der Waals surface area contributed by atoms with Crippen molar-refractivity contribution in [1.29, 1.82) is 0 Å². The van der Waals surface area contributed by atoms with Gasteiger partial charge in [-0.15, -0.1) is 0 Å². The van der Waals surface area contributed by atoms with E-state index in [-0.39, 0.29) is 6.10 Å². The Morgan fingerprint density at radius 3 is 2.86 bits per heavy atom. The summed E-state index contributed by atoms with van der Waals surface area (Å²) < 4.78 is 16.8. The fraction of sp³-hybridized carbons (Fsp3) is 0.500. The molecule has 1 aliphatic rings. The number of benzene rings is 1. The first-order valence-corrected chi connectivity index (χ1v) is 10.2. The van der Waals surface area contributed by atoms with Crippen molar-refractivity contribution in [3.63, 3.8) is 0 Å². The number of rotatable bonds is 10. The van der Waals surface area contributed by atoms with Crippen LogP contribution in [0.1, 0.15) is 37.2 Å². The van der Waals surface area contributed by atoms with Gasteiger partial charge in [-0.1, -0.05) is 30.3 Å². The lowest BCUT2D eigenvalue weighted by Gasteiger charge is -2.18. The van der Waals surface area contributed by atoms with Gasteiger partial charge in [0.1, 0.15) is 12.4 Å². The summed E-state index contributed by atoms with van der Waals surface area (Å²) in [4.78, 5) is 4.79. The molecule has 0 radical (unpaired) electrons. The molecule has 2 aromatic rings. The SMILES string of the molecule is CCNC(=NCC1CCOC1c1ccccc1)NCCCOCc1ccco1. The molecule has 6 heteroatoms. The van der Waals surface area contributed by atoms with Crippen molar-refractivity contribution in [3.05, 3.63) is 60.1 Å². The molecule has 0 saturated carbocycles. The quantitative estimate of drug-likeness (QED) is 0.372. The first-order chi connectivity index (χ1) is 13.9. The summed E-state index contributed by atoms with van der Waals surface area (Å²) in [6.45, 7) is 6.48. The maximum absolute atomic E-state index is 5.97. The summed E-state index contributed by atoms with van der Waals surface area (Å²) >= 11 is 0. The monoisotopic (exact) mass is 385 g/mol. The van der Waals surface area contributed by atoms with E-state index in [2.05, 4.69) is 41.8 Å². The fourth-order valence-electron chi connectivity index (χ4n) is 3.33. The second kappa shape index (κ2) is 11.5. The van der Waals surface area contributed by atoms with Crippen LogP contribution >= 0.6 is 0 Å². The minimum absolute atomic E-state index is 0.142. The molecule has 1 saturated heterocycles. The zero-order valence-corrected chi connectivity index (χ0v) is 16.6. The molecule has 28 heavy (non-hydrogen) atoms. The lowest BCUT2D eigenvalue weighted by molar-refractivity contribution is 0.0925. The molecule has 2 atom stereocenters. The lowest BCUT2D eigenvalue weighted by Crippen LogP contribution is -2.38. The fourth-order valence-corrected chi connectivity index (χ4v) is 3.33. The van der Waals surface area contributed by atoms with Crippen LogP contribution in [-0.4, -0.2) is 38.8 Å². The third-order valence-corrected chi connectivity index (χ3v) is 4.75. The highest BCUT2D eigenvalue weighted by atomic mass is 16.5. The second-order valence-corrected chi connectivity index (χ2v) is 6.88. The van der Waals surface area contributed by atoms with Gasteiger partial charge in [0.15, 0.2) is 5.96 Å². The van der Waals surface area contributed by atoms with E-state index in [0.29, 0.717) is 19.1 Å². The van der Waals surface area contributed by atoms with E-state index in [1.165, 1.54) is 5.56 Å². The predicted octanol–water partition coefficient (Wildman–Crippen LogP) is 3.52. The molecule has 1 fully saturated rings. The molecule has 3 rings (SSSR count). The van der Waals surface area contributed by atoms with E-state index in [9.17, 15) is 0 Å². The smallest absolute Gasteiger partial charge is 0.191 e. The Hall–Kier alpha value is -2.31. The van der Waals surface area contributed by atoms with Crippen molar-refractivity contribution < 1.29 is 13.9 Å². The molecule has 0 amide bonds. The number of nitrogens with zero attached hydrogens (tertiary/aromatic N) is 1. The van der Waals surface area contributed by atoms with Gasteiger partial charge >= 0.3 is 0 Å². The van der Waals surface area contributed by atoms with Crippen LogP contribution in [0, 0.1) is 5.92 Å². The molecule has 0 aliphatic carbocycles. The summed E-state index contributed by atoms with van der Waals surface area (Å²) in [6.07, 6.45) is 3.76. The normalized spacial score (nSPS) is 19.7. The van der Waals surface area contributed by atoms with Crippen LogP contribution in [0.3, 0.4) is 0 Å². The van der Waals surface area contributed by atoms with Gasteiger partial charge in [-0.25, -0.2) is 0 Å². The third-order valence-electron chi connectivity index (χ3n) is 4.75. The van der Waals surface area contributed by atoms with Crippen molar-refractivity contribution in [2.45, 2.75) is 32.5 Å². The Labute approximate surface area is 167 Å². The van der Waals surface area contributed by atoms with E-state index in [1.807, 2.05) is 18.2 Å². The topological polar surface area (TPSA) is 68.0 Å². The van der Waals surface area contributed by atoms with Gasteiger partial charge in [0.05, 0.1) is 12.4 Å². The third kappa shape index (κ3) is 6.39. The number of aliphatic imine (C=N–C) groups is 1. The molecule has 0 bridgehead atoms. The minimum Gasteiger partial charge on any atom is -0.467 e. The Morgan fingerprint density at radius 1 is 1.18 bits per heavy atom. The van der Waals surface area contributed by atoms with E-state index in [0.717, 1.165) is 50.8 Å². The summed E-state index contributed by atoms with van der Waals surface area (Å²) in [7, 11) is 0. The molecule has 1 aromatic carbocycles. The average Bonchev–Trinajstić information content (AvgIpc) is 3.41. The molecule has 2 heterocycles. The first-order valence-electron chi connectivity index (χ1n) is 10.2. The van der Waals surface area contributed by atoms with Crippen molar-refractivity contribution >= 4 is 5.96 Å². The van der Waals surface area contributed by atoms with Crippen LogP contribution in [0.2, 0.25) is 0 Å². The number of nitrogens with one attached hydrogen (secondary N) is 2. The lowest BCUT2D eigenvalue weighted by atomic mass is 9.95. The van der Waals surface area contributed by atoms with Gasteiger partial charge in [0, 0.05) is 38.8 Å². The van der Waals surface area contributed by atoms with E-state index >= 15 is 0 Å². The number of furan rings is 1. The van der Waals surface area contributed by atoms with Crippen molar-refractivity contribution in [1.82, 2.24) is 10.6 Å². The van der Waals surface area contributed by atoms with E-state index in [1.54, 1.807) is 6.26 Å².